The highest BCUT2D eigenvalue weighted by Gasteiger charge is 2.22. The van der Waals surface area contributed by atoms with Crippen LogP contribution in [0.1, 0.15) is 23.6 Å². The van der Waals surface area contributed by atoms with Crippen LogP contribution in [0.2, 0.25) is 5.02 Å². The van der Waals surface area contributed by atoms with Gasteiger partial charge in [-0.05, 0) is 30.2 Å². The summed E-state index contributed by atoms with van der Waals surface area (Å²) in [6.45, 7) is 0. The van der Waals surface area contributed by atoms with E-state index in [1.54, 1.807) is 17.8 Å². The van der Waals surface area contributed by atoms with Crippen molar-refractivity contribution in [3.8, 4) is 0 Å². The lowest BCUT2D eigenvalue weighted by molar-refractivity contribution is -0.121. The molecule has 0 fully saturated rings. The number of carbonyl (C=O) groups is 1. The molecule has 1 aliphatic heterocycles. The summed E-state index contributed by atoms with van der Waals surface area (Å²) in [5, 5.41) is 3.29. The molecule has 5 heteroatoms. The van der Waals surface area contributed by atoms with Gasteiger partial charge in [0.2, 0.25) is 5.91 Å². The number of amides is 1. The number of hydrogen-bond acceptors (Lipinski definition) is 2. The molecule has 1 aliphatic rings. The molecule has 0 aliphatic carbocycles. The van der Waals surface area contributed by atoms with E-state index in [2.05, 4.69) is 11.4 Å². The Morgan fingerprint density at radius 3 is 2.91 bits per heavy atom. The number of fused-ring (bicyclic) bond motifs is 1. The van der Waals surface area contributed by atoms with Crippen molar-refractivity contribution >= 4 is 29.3 Å². The van der Waals surface area contributed by atoms with Gasteiger partial charge in [-0.25, -0.2) is 4.39 Å². The van der Waals surface area contributed by atoms with E-state index in [0.717, 1.165) is 17.7 Å². The third-order valence-corrected chi connectivity index (χ3v) is 5.17. The fourth-order valence-electron chi connectivity index (χ4n) is 2.60. The minimum Gasteiger partial charge on any atom is -0.349 e. The normalized spacial score (nSPS) is 16.9. The number of carbonyl (C=O) groups excluding carboxylic acids is 1. The van der Waals surface area contributed by atoms with Crippen molar-refractivity contribution < 1.29 is 9.18 Å². The zero-order valence-corrected chi connectivity index (χ0v) is 13.4. The van der Waals surface area contributed by atoms with Crippen molar-refractivity contribution in [2.75, 3.05) is 5.75 Å². The number of thioether (sulfide) groups is 1. The van der Waals surface area contributed by atoms with Gasteiger partial charge in [0.05, 0.1) is 12.5 Å². The second kappa shape index (κ2) is 6.71. The molecule has 0 saturated heterocycles. The Kier molecular flexibility index (Phi) is 4.69. The number of benzene rings is 2. The summed E-state index contributed by atoms with van der Waals surface area (Å²) in [6.07, 6.45) is 0.829. The van der Waals surface area contributed by atoms with Crippen molar-refractivity contribution in [1.29, 1.82) is 0 Å². The molecule has 0 radical (unpaired) electrons. The molecule has 0 saturated carbocycles. The monoisotopic (exact) mass is 335 g/mol. The second-order valence-electron chi connectivity index (χ2n) is 5.17. The van der Waals surface area contributed by atoms with E-state index in [0.29, 0.717) is 0 Å². The van der Waals surface area contributed by atoms with Crippen LogP contribution in [0, 0.1) is 5.82 Å². The Morgan fingerprint density at radius 2 is 2.09 bits per heavy atom. The zero-order chi connectivity index (χ0) is 15.5. The molecule has 1 N–H and O–H groups in total. The van der Waals surface area contributed by atoms with Crippen molar-refractivity contribution in [1.82, 2.24) is 5.32 Å². The first-order valence-corrected chi connectivity index (χ1v) is 8.45. The average Bonchev–Trinajstić information content (AvgIpc) is 2.51. The first-order valence-electron chi connectivity index (χ1n) is 7.09. The minimum absolute atomic E-state index is 0.0181. The van der Waals surface area contributed by atoms with Crippen molar-refractivity contribution in [3.05, 3.63) is 64.4 Å². The van der Waals surface area contributed by atoms with Gasteiger partial charge in [0, 0.05) is 21.2 Å². The molecule has 2 aromatic carbocycles. The largest absolute Gasteiger partial charge is 0.349 e. The van der Waals surface area contributed by atoms with Crippen LogP contribution in [-0.4, -0.2) is 11.7 Å². The molecule has 114 valence electrons. The molecular weight excluding hydrogens is 321 g/mol. The Balaban J connectivity index is 1.73. The van der Waals surface area contributed by atoms with Crippen molar-refractivity contribution in [2.45, 2.75) is 23.8 Å². The van der Waals surface area contributed by atoms with Crippen LogP contribution < -0.4 is 5.32 Å². The topological polar surface area (TPSA) is 29.1 Å². The summed E-state index contributed by atoms with van der Waals surface area (Å²) in [5.41, 5.74) is 1.38. The quantitative estimate of drug-likeness (QED) is 0.902. The molecular formula is C17H15ClFNOS. The lowest BCUT2D eigenvalue weighted by Gasteiger charge is -2.26. The molecule has 3 rings (SSSR count). The van der Waals surface area contributed by atoms with Crippen LogP contribution in [0.25, 0.3) is 0 Å². The Hall–Kier alpha value is -1.52. The molecule has 2 aromatic rings. The maximum absolute atomic E-state index is 13.8. The molecule has 2 nitrogen and oxygen atoms in total. The van der Waals surface area contributed by atoms with Crippen LogP contribution >= 0.6 is 23.4 Å². The molecule has 1 heterocycles. The van der Waals surface area contributed by atoms with Crippen LogP contribution in [0.4, 0.5) is 4.39 Å². The molecule has 1 atom stereocenters. The van der Waals surface area contributed by atoms with Gasteiger partial charge in [-0.2, -0.15) is 0 Å². The fourth-order valence-corrected chi connectivity index (χ4v) is 3.95. The highest BCUT2D eigenvalue weighted by atomic mass is 35.5. The minimum atomic E-state index is -0.442. The number of rotatable bonds is 3. The fraction of sp³-hybridized carbons (Fsp3) is 0.235. The van der Waals surface area contributed by atoms with E-state index in [9.17, 15) is 9.18 Å². The number of halogens is 2. The molecule has 1 amide bonds. The van der Waals surface area contributed by atoms with Crippen LogP contribution in [0.5, 0.6) is 0 Å². The number of nitrogens with one attached hydrogen (secondary N) is 1. The predicted octanol–water partition coefficient (Wildman–Crippen LogP) is 4.37. The smallest absolute Gasteiger partial charge is 0.225 e. The van der Waals surface area contributed by atoms with Gasteiger partial charge in [-0.15, -0.1) is 11.8 Å². The summed E-state index contributed by atoms with van der Waals surface area (Å²) >= 11 is 7.77. The van der Waals surface area contributed by atoms with Crippen LogP contribution in [0.3, 0.4) is 0 Å². The maximum Gasteiger partial charge on any atom is 0.225 e. The summed E-state index contributed by atoms with van der Waals surface area (Å²) in [4.78, 5) is 13.4. The first kappa shape index (κ1) is 15.4. The Morgan fingerprint density at radius 1 is 1.27 bits per heavy atom. The summed E-state index contributed by atoms with van der Waals surface area (Å²) in [5.74, 6) is 0.309. The van der Waals surface area contributed by atoms with Crippen LogP contribution in [-0.2, 0) is 11.2 Å². The molecule has 0 aromatic heterocycles. The SMILES string of the molecule is O=C(Cc1c(F)cccc1Cl)N[C@@H]1CCSc2ccccc21. The maximum atomic E-state index is 13.8. The van der Waals surface area contributed by atoms with Gasteiger partial charge in [0.1, 0.15) is 5.82 Å². The van der Waals surface area contributed by atoms with Gasteiger partial charge in [0.25, 0.3) is 0 Å². The van der Waals surface area contributed by atoms with Gasteiger partial charge >= 0.3 is 0 Å². The highest BCUT2D eigenvalue weighted by molar-refractivity contribution is 7.99. The third kappa shape index (κ3) is 3.28. The van der Waals surface area contributed by atoms with E-state index >= 15 is 0 Å². The van der Waals surface area contributed by atoms with Gasteiger partial charge in [-0.1, -0.05) is 35.9 Å². The molecule has 0 spiro atoms. The van der Waals surface area contributed by atoms with Gasteiger partial charge in [0.15, 0.2) is 0 Å². The number of hydrogen-bond donors (Lipinski definition) is 1. The third-order valence-electron chi connectivity index (χ3n) is 3.69. The van der Waals surface area contributed by atoms with Crippen LogP contribution in [0.15, 0.2) is 47.4 Å². The molecule has 0 bridgehead atoms. The Labute approximate surface area is 138 Å². The van der Waals surface area contributed by atoms with E-state index < -0.39 is 5.82 Å². The van der Waals surface area contributed by atoms with Crippen molar-refractivity contribution in [2.24, 2.45) is 0 Å². The van der Waals surface area contributed by atoms with Crippen molar-refractivity contribution in [3.63, 3.8) is 0 Å². The lowest BCUT2D eigenvalue weighted by Crippen LogP contribution is -2.32. The van der Waals surface area contributed by atoms with E-state index in [4.69, 9.17) is 11.6 Å². The first-order chi connectivity index (χ1) is 10.6. The summed E-state index contributed by atoms with van der Waals surface area (Å²) in [7, 11) is 0. The Bertz CT molecular complexity index is 687. The summed E-state index contributed by atoms with van der Waals surface area (Å²) < 4.78 is 13.8. The van der Waals surface area contributed by atoms with Gasteiger partial charge < -0.3 is 5.32 Å². The highest BCUT2D eigenvalue weighted by Crippen LogP contribution is 2.35. The van der Waals surface area contributed by atoms with E-state index in [1.165, 1.54) is 17.0 Å². The standard InChI is InChI=1S/C17H15ClFNOS/c18-13-5-3-6-14(19)12(13)10-17(21)20-15-8-9-22-16-7-2-1-4-11(15)16/h1-7,15H,8-10H2,(H,20,21)/t15-/m1/s1. The molecule has 22 heavy (non-hydrogen) atoms. The molecule has 0 unspecified atom stereocenters. The zero-order valence-electron chi connectivity index (χ0n) is 11.8. The summed E-state index contributed by atoms with van der Waals surface area (Å²) in [6, 6.07) is 12.5. The second-order valence-corrected chi connectivity index (χ2v) is 6.72. The van der Waals surface area contributed by atoms with E-state index in [-0.39, 0.29) is 29.0 Å². The average molecular weight is 336 g/mol. The predicted molar refractivity (Wildman–Crippen MR) is 87.8 cm³/mol. The van der Waals surface area contributed by atoms with Gasteiger partial charge in [-0.3, -0.25) is 4.79 Å². The lowest BCUT2D eigenvalue weighted by atomic mass is 10.0. The van der Waals surface area contributed by atoms with E-state index in [1.807, 2.05) is 18.2 Å².